The smallest absolute Gasteiger partial charge is 0.0315 e. The lowest BCUT2D eigenvalue weighted by atomic mass is 9.84. The van der Waals surface area contributed by atoms with Gasteiger partial charge < -0.3 is 4.90 Å². The second-order valence-electron chi connectivity index (χ2n) is 6.35. The Morgan fingerprint density at radius 3 is 2.16 bits per heavy atom. The number of nitrogens with zero attached hydrogens (tertiary/aromatic N) is 1. The van der Waals surface area contributed by atoms with Crippen LogP contribution >= 0.6 is 0 Å². The number of hydrogen-bond acceptors (Lipinski definition) is 1. The summed E-state index contributed by atoms with van der Waals surface area (Å²) in [4.78, 5) is 2.53. The van der Waals surface area contributed by atoms with Crippen LogP contribution in [0.4, 0.5) is 0 Å². The molecule has 1 heteroatoms. The first kappa shape index (κ1) is 15.9. The molecule has 1 rings (SSSR count). The Balaban J connectivity index is 2.69. The van der Waals surface area contributed by atoms with Crippen LogP contribution in [0.5, 0.6) is 0 Å². The molecule has 0 aliphatic heterocycles. The molecule has 0 bridgehead atoms. The van der Waals surface area contributed by atoms with Gasteiger partial charge in [0, 0.05) is 17.5 Å². The Hall–Kier alpha value is -1.16. The highest BCUT2D eigenvalue weighted by molar-refractivity contribution is 5.07. The van der Waals surface area contributed by atoms with Crippen molar-refractivity contribution in [2.24, 2.45) is 5.92 Å². The lowest BCUT2D eigenvalue weighted by molar-refractivity contribution is 0.109. The van der Waals surface area contributed by atoms with E-state index < -0.39 is 0 Å². The molecule has 0 atom stereocenters. The second-order valence-corrected chi connectivity index (χ2v) is 6.35. The van der Waals surface area contributed by atoms with E-state index in [9.17, 15) is 0 Å². The molecule has 1 saturated carbocycles. The Kier molecular flexibility index (Phi) is 6.22. The molecule has 1 nitrogen and oxygen atoms in total. The molecule has 1 aliphatic carbocycles. The first-order valence-corrected chi connectivity index (χ1v) is 7.49. The quantitative estimate of drug-likeness (QED) is 0.522. The molecule has 0 radical (unpaired) electrons. The molecule has 19 heavy (non-hydrogen) atoms. The first-order valence-electron chi connectivity index (χ1n) is 7.49. The van der Waals surface area contributed by atoms with Crippen LogP contribution in [-0.4, -0.2) is 16.5 Å². The largest absolute Gasteiger partial charge is 0.370 e. The summed E-state index contributed by atoms with van der Waals surface area (Å²) in [5.41, 5.74) is 0.187. The van der Waals surface area contributed by atoms with Crippen molar-refractivity contribution in [3.05, 3.63) is 24.4 Å². The minimum Gasteiger partial charge on any atom is -0.370 e. The molecule has 0 aromatic heterocycles. The summed E-state index contributed by atoms with van der Waals surface area (Å²) in [7, 11) is 0. The summed E-state index contributed by atoms with van der Waals surface area (Å²) in [6, 6.07) is 0.663. The second kappa shape index (κ2) is 7.43. The average Bonchev–Trinajstić information content (AvgIpc) is 2.35. The molecule has 106 valence electrons. The SMILES string of the molecule is CC#CC1CCC(N(/C=C/C=C/C)C(C)(C)C)CC1. The maximum Gasteiger partial charge on any atom is 0.0315 e. The normalized spacial score (nSPS) is 24.5. The Bertz CT molecular complexity index is 365. The monoisotopic (exact) mass is 259 g/mol. The van der Waals surface area contributed by atoms with Crippen molar-refractivity contribution >= 4 is 0 Å². The van der Waals surface area contributed by atoms with Crippen LogP contribution in [0.3, 0.4) is 0 Å². The average molecular weight is 259 g/mol. The van der Waals surface area contributed by atoms with Gasteiger partial charge in [-0.1, -0.05) is 12.2 Å². The van der Waals surface area contributed by atoms with E-state index >= 15 is 0 Å². The van der Waals surface area contributed by atoms with Gasteiger partial charge >= 0.3 is 0 Å². The van der Waals surface area contributed by atoms with Gasteiger partial charge in [0.25, 0.3) is 0 Å². The van der Waals surface area contributed by atoms with Gasteiger partial charge in [-0.05, 0) is 72.6 Å². The van der Waals surface area contributed by atoms with Crippen LogP contribution in [0.15, 0.2) is 24.4 Å². The van der Waals surface area contributed by atoms with E-state index in [0.29, 0.717) is 12.0 Å². The van der Waals surface area contributed by atoms with Gasteiger partial charge in [0.15, 0.2) is 0 Å². The molecule has 1 fully saturated rings. The van der Waals surface area contributed by atoms with Crippen LogP contribution in [-0.2, 0) is 0 Å². The predicted molar refractivity (Wildman–Crippen MR) is 84.7 cm³/mol. The van der Waals surface area contributed by atoms with Crippen molar-refractivity contribution in [1.82, 2.24) is 4.90 Å². The van der Waals surface area contributed by atoms with Crippen LogP contribution < -0.4 is 0 Å². The molecule has 0 amide bonds. The minimum atomic E-state index is 0.187. The highest BCUT2D eigenvalue weighted by Crippen LogP contribution is 2.31. The summed E-state index contributed by atoms with van der Waals surface area (Å²) < 4.78 is 0. The lowest BCUT2D eigenvalue weighted by Crippen LogP contribution is -2.45. The van der Waals surface area contributed by atoms with Gasteiger partial charge in [-0.15, -0.1) is 11.8 Å². The standard InChI is InChI=1S/C18H29N/c1-6-8-9-15-19(18(3,4)5)17-13-11-16(10-7-2)12-14-17/h6,8-9,15-17H,11-14H2,1-5H3/b8-6+,15-9+. The molecule has 0 unspecified atom stereocenters. The summed E-state index contributed by atoms with van der Waals surface area (Å²) in [6.07, 6.45) is 13.6. The molecule has 0 N–H and O–H groups in total. The maximum absolute atomic E-state index is 3.34. The third-order valence-electron chi connectivity index (χ3n) is 3.76. The van der Waals surface area contributed by atoms with Gasteiger partial charge in [0.05, 0.1) is 0 Å². The van der Waals surface area contributed by atoms with Crippen molar-refractivity contribution in [2.45, 2.75) is 71.9 Å². The third-order valence-corrected chi connectivity index (χ3v) is 3.76. The fourth-order valence-corrected chi connectivity index (χ4v) is 2.85. The highest BCUT2D eigenvalue weighted by Gasteiger charge is 2.29. The van der Waals surface area contributed by atoms with Gasteiger partial charge in [0.2, 0.25) is 0 Å². The molecular formula is C18H29N. The van der Waals surface area contributed by atoms with Gasteiger partial charge in [-0.3, -0.25) is 0 Å². The fourth-order valence-electron chi connectivity index (χ4n) is 2.85. The number of hydrogen-bond donors (Lipinski definition) is 0. The third kappa shape index (κ3) is 5.15. The summed E-state index contributed by atoms with van der Waals surface area (Å²) in [6.45, 7) is 10.9. The van der Waals surface area contributed by atoms with E-state index in [2.05, 4.69) is 68.9 Å². The Morgan fingerprint density at radius 2 is 1.68 bits per heavy atom. The van der Waals surface area contributed by atoms with Gasteiger partial charge in [0.1, 0.15) is 0 Å². The first-order chi connectivity index (χ1) is 8.99. The van der Waals surface area contributed by atoms with Crippen LogP contribution in [0, 0.1) is 17.8 Å². The van der Waals surface area contributed by atoms with E-state index in [1.165, 1.54) is 25.7 Å². The molecule has 0 saturated heterocycles. The predicted octanol–water partition coefficient (Wildman–Crippen LogP) is 4.76. The zero-order chi connectivity index (χ0) is 14.3. The zero-order valence-electron chi connectivity index (χ0n) is 13.2. The van der Waals surface area contributed by atoms with E-state index in [1.807, 2.05) is 6.92 Å². The maximum atomic E-state index is 3.34. The van der Waals surface area contributed by atoms with Crippen molar-refractivity contribution in [3.8, 4) is 11.8 Å². The van der Waals surface area contributed by atoms with Gasteiger partial charge in [-0.25, -0.2) is 0 Å². The van der Waals surface area contributed by atoms with Crippen molar-refractivity contribution < 1.29 is 0 Å². The van der Waals surface area contributed by atoms with E-state index in [0.717, 1.165) is 0 Å². The van der Waals surface area contributed by atoms with Crippen LogP contribution in [0.1, 0.15) is 60.3 Å². The lowest BCUT2D eigenvalue weighted by Gasteiger charge is -2.43. The van der Waals surface area contributed by atoms with Crippen molar-refractivity contribution in [3.63, 3.8) is 0 Å². The van der Waals surface area contributed by atoms with E-state index in [-0.39, 0.29) is 5.54 Å². The number of allylic oxidation sites excluding steroid dienone is 3. The molecule has 0 aromatic carbocycles. The van der Waals surface area contributed by atoms with E-state index in [1.54, 1.807) is 0 Å². The molecule has 0 heterocycles. The van der Waals surface area contributed by atoms with Gasteiger partial charge in [-0.2, -0.15) is 0 Å². The summed E-state index contributed by atoms with van der Waals surface area (Å²) >= 11 is 0. The minimum absolute atomic E-state index is 0.187. The molecule has 0 aromatic rings. The topological polar surface area (TPSA) is 3.24 Å². The molecule has 1 aliphatic rings. The van der Waals surface area contributed by atoms with Crippen LogP contribution in [0.2, 0.25) is 0 Å². The Morgan fingerprint density at radius 1 is 1.05 bits per heavy atom. The molecule has 0 spiro atoms. The fraction of sp³-hybridized carbons (Fsp3) is 0.667. The van der Waals surface area contributed by atoms with Crippen molar-refractivity contribution in [2.75, 3.05) is 0 Å². The summed E-state index contributed by atoms with van der Waals surface area (Å²) in [5.74, 6) is 7.03. The van der Waals surface area contributed by atoms with Crippen LogP contribution in [0.25, 0.3) is 0 Å². The Labute approximate surface area is 119 Å². The highest BCUT2D eigenvalue weighted by atomic mass is 15.2. The zero-order valence-corrected chi connectivity index (χ0v) is 13.2. The van der Waals surface area contributed by atoms with E-state index in [4.69, 9.17) is 0 Å². The number of rotatable bonds is 3. The summed E-state index contributed by atoms with van der Waals surface area (Å²) in [5, 5.41) is 0. The molecular weight excluding hydrogens is 230 g/mol. The van der Waals surface area contributed by atoms with Crippen molar-refractivity contribution in [1.29, 1.82) is 0 Å².